The van der Waals surface area contributed by atoms with Crippen LogP contribution in [-0.2, 0) is 24.8 Å². The van der Waals surface area contributed by atoms with Crippen LogP contribution in [0.3, 0.4) is 0 Å². The number of nitrogens with one attached hydrogen (secondary N) is 2. The maximum Gasteiger partial charge on any atom is 0.264 e. The van der Waals surface area contributed by atoms with Gasteiger partial charge in [-0.3, -0.25) is 19.2 Å². The molecule has 3 fully saturated rings. The van der Waals surface area contributed by atoms with E-state index in [1.165, 1.54) is 4.90 Å². The van der Waals surface area contributed by atoms with E-state index in [1.807, 2.05) is 24.3 Å². The highest BCUT2D eigenvalue weighted by Crippen LogP contribution is 2.50. The zero-order chi connectivity index (χ0) is 27.3. The summed E-state index contributed by atoms with van der Waals surface area (Å²) in [6.45, 7) is 0.0948. The number of Topliss-reactive ketones (excluding diaryl/α,β-unsaturated/α-hetero) is 1. The van der Waals surface area contributed by atoms with Crippen molar-refractivity contribution in [2.45, 2.75) is 49.8 Å². The highest BCUT2D eigenvalue weighted by molar-refractivity contribution is 6.01. The van der Waals surface area contributed by atoms with Crippen LogP contribution in [0.15, 0.2) is 48.5 Å². The third-order valence-electron chi connectivity index (χ3n) is 9.20. The second-order valence-corrected chi connectivity index (χ2v) is 11.3. The quantitative estimate of drug-likeness (QED) is 0.423. The van der Waals surface area contributed by atoms with Crippen LogP contribution in [0, 0.1) is 17.8 Å². The van der Waals surface area contributed by atoms with Gasteiger partial charge in [-0.25, -0.2) is 0 Å². The van der Waals surface area contributed by atoms with Crippen LogP contribution in [0.5, 0.6) is 0 Å². The van der Waals surface area contributed by atoms with Gasteiger partial charge in [0.1, 0.15) is 12.6 Å². The Morgan fingerprint density at radius 1 is 1.03 bits per heavy atom. The number of hydrogen-bond donors (Lipinski definition) is 4. The summed E-state index contributed by atoms with van der Waals surface area (Å²) in [5, 5.41) is 27.3. The van der Waals surface area contributed by atoms with Gasteiger partial charge in [0.25, 0.3) is 5.91 Å². The van der Waals surface area contributed by atoms with Crippen molar-refractivity contribution in [3.05, 3.63) is 59.7 Å². The van der Waals surface area contributed by atoms with Gasteiger partial charge in [-0.2, -0.15) is 0 Å². The lowest BCUT2D eigenvalue weighted by Crippen LogP contribution is -2.57. The van der Waals surface area contributed by atoms with Gasteiger partial charge in [-0.15, -0.1) is 0 Å². The standard InChI is InChI=1S/C30H33N3O6/c34-16-25(35)24(14-17-12-13-31-27(17)36)32-28(37)26-19-9-5-6-18(19)15-33(26)29(38)30(39)22-10-3-1-7-20(22)21-8-2-4-11-23(21)30/h1-4,7-8,10-11,17-19,24,26,34,39H,5-6,9,12-16H2,(H,31,36)(H,32,37)/t17?,18-,19-,24?,26?/m0/s1. The highest BCUT2D eigenvalue weighted by atomic mass is 16.3. The molecule has 6 rings (SSSR count). The molecule has 2 aliphatic carbocycles. The van der Waals surface area contributed by atoms with E-state index in [2.05, 4.69) is 10.6 Å². The molecule has 9 heteroatoms. The number of carbonyl (C=O) groups is 4. The Labute approximate surface area is 226 Å². The molecular weight excluding hydrogens is 498 g/mol. The van der Waals surface area contributed by atoms with Crippen LogP contribution in [0.1, 0.15) is 43.2 Å². The molecule has 9 nitrogen and oxygen atoms in total. The largest absolute Gasteiger partial charge is 0.389 e. The molecule has 3 amide bonds. The molecule has 1 saturated carbocycles. The molecule has 0 spiro atoms. The van der Waals surface area contributed by atoms with E-state index in [0.717, 1.165) is 30.4 Å². The number of ketones is 1. The van der Waals surface area contributed by atoms with E-state index >= 15 is 0 Å². The van der Waals surface area contributed by atoms with Gasteiger partial charge in [-0.1, -0.05) is 55.0 Å². The number of aliphatic hydroxyl groups excluding tert-OH is 1. The van der Waals surface area contributed by atoms with Crippen LogP contribution < -0.4 is 10.6 Å². The van der Waals surface area contributed by atoms with Crippen molar-refractivity contribution in [2.24, 2.45) is 17.8 Å². The van der Waals surface area contributed by atoms with Gasteiger partial charge in [0.05, 0.1) is 6.04 Å². The molecule has 39 heavy (non-hydrogen) atoms. The number of nitrogens with zero attached hydrogens (tertiary/aromatic N) is 1. The summed E-state index contributed by atoms with van der Waals surface area (Å²) >= 11 is 0. The van der Waals surface area contributed by atoms with Gasteiger partial charge in [-0.05, 0) is 48.6 Å². The molecule has 2 aromatic rings. The summed E-state index contributed by atoms with van der Waals surface area (Å²) in [5.41, 5.74) is 0.619. The van der Waals surface area contributed by atoms with Crippen molar-refractivity contribution >= 4 is 23.5 Å². The molecular formula is C30H33N3O6. The van der Waals surface area contributed by atoms with E-state index in [-0.39, 0.29) is 24.2 Å². The molecule has 4 N–H and O–H groups in total. The predicted molar refractivity (Wildman–Crippen MR) is 141 cm³/mol. The average Bonchev–Trinajstić information content (AvgIpc) is 3.71. The fraction of sp³-hybridized carbons (Fsp3) is 0.467. The van der Waals surface area contributed by atoms with Gasteiger partial charge in [0.15, 0.2) is 11.4 Å². The number of hydrogen-bond acceptors (Lipinski definition) is 6. The minimum Gasteiger partial charge on any atom is -0.389 e. The van der Waals surface area contributed by atoms with Crippen LogP contribution in [0.25, 0.3) is 11.1 Å². The summed E-state index contributed by atoms with van der Waals surface area (Å²) in [7, 11) is 0. The van der Waals surface area contributed by atoms with Gasteiger partial charge in [0, 0.05) is 30.1 Å². The first-order valence-corrected chi connectivity index (χ1v) is 13.8. The molecule has 2 aromatic carbocycles. The fourth-order valence-electron chi connectivity index (χ4n) is 7.29. The van der Waals surface area contributed by atoms with Gasteiger partial charge in [0.2, 0.25) is 11.8 Å². The van der Waals surface area contributed by atoms with E-state index < -0.39 is 47.8 Å². The zero-order valence-electron chi connectivity index (χ0n) is 21.6. The normalized spacial score (nSPS) is 26.9. The molecule has 4 aliphatic rings. The summed E-state index contributed by atoms with van der Waals surface area (Å²) in [6.07, 6.45) is 3.23. The topological polar surface area (TPSA) is 136 Å². The number of amides is 3. The fourth-order valence-corrected chi connectivity index (χ4v) is 7.29. The van der Waals surface area contributed by atoms with Gasteiger partial charge < -0.3 is 25.7 Å². The molecule has 2 aliphatic heterocycles. The zero-order valence-corrected chi connectivity index (χ0v) is 21.6. The van der Waals surface area contributed by atoms with Gasteiger partial charge >= 0.3 is 0 Å². The van der Waals surface area contributed by atoms with Crippen LogP contribution in [0.2, 0.25) is 0 Å². The van der Waals surface area contributed by atoms with Crippen LogP contribution in [-0.4, -0.2) is 70.4 Å². The van der Waals surface area contributed by atoms with E-state index in [1.54, 1.807) is 24.3 Å². The molecule has 3 unspecified atom stereocenters. The summed E-state index contributed by atoms with van der Waals surface area (Å²) in [4.78, 5) is 54.5. The third-order valence-corrected chi connectivity index (χ3v) is 9.20. The summed E-state index contributed by atoms with van der Waals surface area (Å²) in [6, 6.07) is 12.7. The summed E-state index contributed by atoms with van der Waals surface area (Å²) in [5.74, 6) is -2.18. The minimum absolute atomic E-state index is 0.0934. The van der Waals surface area contributed by atoms with Crippen molar-refractivity contribution in [3.8, 4) is 11.1 Å². The molecule has 204 valence electrons. The lowest BCUT2D eigenvalue weighted by atomic mass is 9.88. The van der Waals surface area contributed by atoms with Crippen molar-refractivity contribution in [2.75, 3.05) is 19.7 Å². The molecule has 5 atom stereocenters. The smallest absolute Gasteiger partial charge is 0.264 e. The van der Waals surface area contributed by atoms with E-state index in [9.17, 15) is 29.4 Å². The van der Waals surface area contributed by atoms with E-state index in [0.29, 0.717) is 30.6 Å². The molecule has 2 heterocycles. The Balaban J connectivity index is 1.32. The Kier molecular flexibility index (Phi) is 6.51. The number of rotatable bonds is 7. The second-order valence-electron chi connectivity index (χ2n) is 11.3. The van der Waals surface area contributed by atoms with Crippen molar-refractivity contribution in [3.63, 3.8) is 0 Å². The molecule has 0 radical (unpaired) electrons. The van der Waals surface area contributed by atoms with Crippen molar-refractivity contribution < 1.29 is 29.4 Å². The third kappa shape index (κ3) is 4.06. The molecule has 0 aromatic heterocycles. The van der Waals surface area contributed by atoms with Crippen LogP contribution >= 0.6 is 0 Å². The Morgan fingerprint density at radius 2 is 1.69 bits per heavy atom. The lowest BCUT2D eigenvalue weighted by molar-refractivity contribution is -0.152. The summed E-state index contributed by atoms with van der Waals surface area (Å²) < 4.78 is 0. The predicted octanol–water partition coefficient (Wildman–Crippen LogP) is 1.10. The number of aliphatic hydroxyl groups is 2. The first-order chi connectivity index (χ1) is 18.8. The van der Waals surface area contributed by atoms with E-state index in [4.69, 9.17) is 0 Å². The van der Waals surface area contributed by atoms with Crippen LogP contribution in [0.4, 0.5) is 0 Å². The SMILES string of the molecule is O=C1NCCC1CC(NC(=O)C1[C@H]2CCC[C@H]2CN1C(=O)C1(O)c2ccccc2-c2ccccc21)C(=O)CO. The first-order valence-electron chi connectivity index (χ1n) is 13.8. The minimum atomic E-state index is -1.94. The maximum absolute atomic E-state index is 14.4. The highest BCUT2D eigenvalue weighted by Gasteiger charge is 2.56. The Hall–Kier alpha value is -3.56. The first kappa shape index (κ1) is 25.7. The van der Waals surface area contributed by atoms with Crippen molar-refractivity contribution in [1.82, 2.24) is 15.5 Å². The Bertz CT molecular complexity index is 1300. The monoisotopic (exact) mass is 531 g/mol. The number of benzene rings is 2. The molecule has 2 saturated heterocycles. The second kappa shape index (κ2) is 9.88. The lowest BCUT2D eigenvalue weighted by Gasteiger charge is -2.34. The number of likely N-dealkylation sites (tertiary alicyclic amines) is 1. The number of fused-ring (bicyclic) bond motifs is 4. The maximum atomic E-state index is 14.4. The number of carbonyl (C=O) groups excluding carboxylic acids is 4. The Morgan fingerprint density at radius 3 is 2.31 bits per heavy atom. The van der Waals surface area contributed by atoms with Crippen molar-refractivity contribution in [1.29, 1.82) is 0 Å². The average molecular weight is 532 g/mol. The molecule has 0 bridgehead atoms.